The summed E-state index contributed by atoms with van der Waals surface area (Å²) in [6.45, 7) is 8.32. The molecule has 0 spiro atoms. The lowest BCUT2D eigenvalue weighted by molar-refractivity contribution is -0.150. The molecule has 1 fully saturated rings. The Kier molecular flexibility index (Phi) is 4.65. The number of carbonyl (C=O) groups is 2. The van der Waals surface area contributed by atoms with Crippen LogP contribution >= 0.6 is 0 Å². The molecule has 1 aromatic rings. The molecule has 1 aromatic heterocycles. The number of hydrogen-bond donors (Lipinski definition) is 1. The van der Waals surface area contributed by atoms with Crippen molar-refractivity contribution in [3.05, 3.63) is 18.0 Å². The molecule has 0 radical (unpaired) electrons. The van der Waals surface area contributed by atoms with E-state index in [4.69, 9.17) is 0 Å². The molecule has 0 aliphatic carbocycles. The van der Waals surface area contributed by atoms with Gasteiger partial charge in [0.1, 0.15) is 12.1 Å². The molecule has 2 heterocycles. The van der Waals surface area contributed by atoms with Crippen LogP contribution < -0.4 is 5.32 Å². The van der Waals surface area contributed by atoms with Crippen molar-refractivity contribution in [2.24, 2.45) is 0 Å². The first-order valence-electron chi connectivity index (χ1n) is 7.62. The van der Waals surface area contributed by atoms with E-state index in [0.29, 0.717) is 19.4 Å². The predicted octanol–water partition coefficient (Wildman–Crippen LogP) is 1.48. The van der Waals surface area contributed by atoms with Gasteiger partial charge in [0.25, 0.3) is 0 Å². The summed E-state index contributed by atoms with van der Waals surface area (Å²) in [4.78, 5) is 26.3. The highest BCUT2D eigenvalue weighted by Crippen LogP contribution is 2.18. The lowest BCUT2D eigenvalue weighted by Gasteiger charge is -2.38. The fourth-order valence-corrected chi connectivity index (χ4v) is 2.62. The van der Waals surface area contributed by atoms with E-state index in [1.807, 2.05) is 30.8 Å². The first-order valence-corrected chi connectivity index (χ1v) is 7.62. The first-order chi connectivity index (χ1) is 9.97. The Balaban J connectivity index is 2.20. The van der Waals surface area contributed by atoms with Crippen LogP contribution in [-0.2, 0) is 16.1 Å². The maximum Gasteiger partial charge on any atom is 0.246 e. The molecule has 21 heavy (non-hydrogen) atoms. The van der Waals surface area contributed by atoms with Gasteiger partial charge in [-0.3, -0.25) is 14.3 Å². The van der Waals surface area contributed by atoms with Gasteiger partial charge >= 0.3 is 0 Å². The Morgan fingerprint density at radius 1 is 1.29 bits per heavy atom. The Hall–Kier alpha value is -1.85. The Bertz CT molecular complexity index is 523. The summed E-state index contributed by atoms with van der Waals surface area (Å²) in [6, 6.07) is 1.38. The van der Waals surface area contributed by atoms with Gasteiger partial charge in [-0.05, 0) is 32.8 Å². The van der Waals surface area contributed by atoms with Gasteiger partial charge in [-0.15, -0.1) is 0 Å². The molecule has 0 aromatic carbocycles. The van der Waals surface area contributed by atoms with Crippen molar-refractivity contribution in [3.63, 3.8) is 0 Å². The largest absolute Gasteiger partial charge is 0.343 e. The monoisotopic (exact) mass is 292 g/mol. The van der Waals surface area contributed by atoms with E-state index >= 15 is 0 Å². The molecule has 2 unspecified atom stereocenters. The Morgan fingerprint density at radius 2 is 2.00 bits per heavy atom. The number of amides is 2. The van der Waals surface area contributed by atoms with Crippen LogP contribution in [0.2, 0.25) is 0 Å². The van der Waals surface area contributed by atoms with Crippen molar-refractivity contribution in [2.45, 2.75) is 65.2 Å². The quantitative estimate of drug-likeness (QED) is 0.894. The summed E-state index contributed by atoms with van der Waals surface area (Å²) in [7, 11) is 0. The molecule has 0 saturated carbocycles. The van der Waals surface area contributed by atoms with Crippen LogP contribution in [-0.4, -0.2) is 38.6 Å². The number of rotatable bonds is 5. The van der Waals surface area contributed by atoms with E-state index in [0.717, 1.165) is 5.69 Å². The zero-order valence-electron chi connectivity index (χ0n) is 13.2. The summed E-state index contributed by atoms with van der Waals surface area (Å²) >= 11 is 0. The molecule has 2 atom stereocenters. The van der Waals surface area contributed by atoms with Crippen molar-refractivity contribution in [3.8, 4) is 0 Å². The number of piperazine rings is 1. The zero-order chi connectivity index (χ0) is 15.6. The van der Waals surface area contributed by atoms with Gasteiger partial charge in [-0.25, -0.2) is 0 Å². The van der Waals surface area contributed by atoms with Crippen LogP contribution in [0.5, 0.6) is 0 Å². The van der Waals surface area contributed by atoms with Crippen molar-refractivity contribution in [2.75, 3.05) is 0 Å². The van der Waals surface area contributed by atoms with Crippen molar-refractivity contribution >= 4 is 11.8 Å². The highest BCUT2D eigenvalue weighted by atomic mass is 16.2. The topological polar surface area (TPSA) is 67.2 Å². The van der Waals surface area contributed by atoms with Gasteiger partial charge in [0, 0.05) is 12.2 Å². The maximum atomic E-state index is 12.5. The first kappa shape index (κ1) is 15.5. The van der Waals surface area contributed by atoms with Crippen LogP contribution in [0.15, 0.2) is 12.3 Å². The van der Waals surface area contributed by atoms with Crippen molar-refractivity contribution < 1.29 is 9.59 Å². The highest BCUT2D eigenvalue weighted by molar-refractivity contribution is 5.96. The van der Waals surface area contributed by atoms with Crippen molar-refractivity contribution in [1.29, 1.82) is 0 Å². The van der Waals surface area contributed by atoms with Gasteiger partial charge < -0.3 is 10.2 Å². The number of nitrogens with zero attached hydrogens (tertiary/aromatic N) is 3. The smallest absolute Gasteiger partial charge is 0.246 e. The Morgan fingerprint density at radius 3 is 2.52 bits per heavy atom. The fourth-order valence-electron chi connectivity index (χ4n) is 2.62. The second-order valence-electron chi connectivity index (χ2n) is 5.74. The fraction of sp³-hybridized carbons (Fsp3) is 0.667. The summed E-state index contributed by atoms with van der Waals surface area (Å²) in [6.07, 6.45) is 3.13. The second kappa shape index (κ2) is 6.28. The van der Waals surface area contributed by atoms with Crippen LogP contribution in [0.1, 0.15) is 52.3 Å². The van der Waals surface area contributed by atoms with Crippen LogP contribution in [0.4, 0.5) is 0 Å². The van der Waals surface area contributed by atoms with E-state index in [9.17, 15) is 9.59 Å². The van der Waals surface area contributed by atoms with Crippen LogP contribution in [0.3, 0.4) is 0 Å². The molecule has 6 heteroatoms. The molecule has 1 saturated heterocycles. The average Bonchev–Trinajstić information content (AvgIpc) is 2.91. The number of aromatic nitrogens is 2. The molecular formula is C15H24N4O2. The van der Waals surface area contributed by atoms with E-state index in [1.54, 1.807) is 4.90 Å². The molecule has 2 amide bonds. The third kappa shape index (κ3) is 3.09. The summed E-state index contributed by atoms with van der Waals surface area (Å²) in [5.74, 6) is -0.0738. The van der Waals surface area contributed by atoms with Gasteiger partial charge in [-0.2, -0.15) is 5.10 Å². The summed E-state index contributed by atoms with van der Waals surface area (Å²) < 4.78 is 1.86. The van der Waals surface area contributed by atoms with Gasteiger partial charge in [0.2, 0.25) is 11.8 Å². The van der Waals surface area contributed by atoms with Gasteiger partial charge in [0.05, 0.1) is 12.2 Å². The molecule has 1 N–H and O–H groups in total. The van der Waals surface area contributed by atoms with Crippen LogP contribution in [0, 0.1) is 0 Å². The van der Waals surface area contributed by atoms with E-state index in [1.165, 1.54) is 0 Å². The maximum absolute atomic E-state index is 12.5. The summed E-state index contributed by atoms with van der Waals surface area (Å²) in [5, 5.41) is 7.27. The lowest BCUT2D eigenvalue weighted by Crippen LogP contribution is -2.62. The predicted molar refractivity (Wildman–Crippen MR) is 79.5 cm³/mol. The SMILES string of the molecule is CCC1NC(=O)C(CC)N(Cc2ccn(C(C)C)n2)C1=O. The highest BCUT2D eigenvalue weighted by Gasteiger charge is 2.38. The van der Waals surface area contributed by atoms with Gasteiger partial charge in [-0.1, -0.05) is 13.8 Å². The molecular weight excluding hydrogens is 268 g/mol. The third-order valence-corrected chi connectivity index (χ3v) is 3.90. The number of hydrogen-bond acceptors (Lipinski definition) is 3. The van der Waals surface area contributed by atoms with Crippen LogP contribution in [0.25, 0.3) is 0 Å². The molecule has 2 rings (SSSR count). The third-order valence-electron chi connectivity index (χ3n) is 3.90. The number of carbonyl (C=O) groups excluding carboxylic acids is 2. The van der Waals surface area contributed by atoms with Gasteiger partial charge in [0.15, 0.2) is 0 Å². The summed E-state index contributed by atoms with van der Waals surface area (Å²) in [5.41, 5.74) is 0.819. The zero-order valence-corrected chi connectivity index (χ0v) is 13.2. The van der Waals surface area contributed by atoms with Crippen molar-refractivity contribution in [1.82, 2.24) is 20.0 Å². The molecule has 1 aliphatic heterocycles. The second-order valence-corrected chi connectivity index (χ2v) is 5.74. The average molecular weight is 292 g/mol. The molecule has 6 nitrogen and oxygen atoms in total. The van der Waals surface area contributed by atoms with E-state index in [2.05, 4.69) is 24.3 Å². The van der Waals surface area contributed by atoms with E-state index in [-0.39, 0.29) is 17.9 Å². The molecule has 116 valence electrons. The normalized spacial score (nSPS) is 22.8. The minimum absolute atomic E-state index is 0.0111. The molecule has 0 bridgehead atoms. The minimum atomic E-state index is -0.410. The number of nitrogens with one attached hydrogen (secondary N) is 1. The lowest BCUT2D eigenvalue weighted by atomic mass is 10.0. The Labute approximate surface area is 125 Å². The minimum Gasteiger partial charge on any atom is -0.343 e. The molecule has 1 aliphatic rings. The van der Waals surface area contributed by atoms with E-state index < -0.39 is 12.1 Å². The standard InChI is InChI=1S/C15H24N4O2/c1-5-12-15(21)18(13(6-2)14(20)16-12)9-11-7-8-19(17-11)10(3)4/h7-8,10,12-13H,5-6,9H2,1-4H3,(H,16,20).